The molecular formula is C8H16BF3KN. The van der Waals surface area contributed by atoms with Crippen LogP contribution in [0.1, 0.15) is 13.8 Å². The minimum atomic E-state index is -4.87. The molecule has 6 heteroatoms. The van der Waals surface area contributed by atoms with Crippen molar-refractivity contribution in [1.29, 1.82) is 0 Å². The van der Waals surface area contributed by atoms with Gasteiger partial charge in [-0.3, -0.25) is 0 Å². The molecule has 0 atom stereocenters. The van der Waals surface area contributed by atoms with Gasteiger partial charge in [0.05, 0.1) is 0 Å². The number of nitrogens with zero attached hydrogens (tertiary/aromatic N) is 1. The molecule has 0 saturated carbocycles. The van der Waals surface area contributed by atoms with Gasteiger partial charge in [-0.1, -0.05) is 13.8 Å². The Bertz CT molecular complexity index is 182. The maximum Gasteiger partial charge on any atom is 1.00 e. The summed E-state index contributed by atoms with van der Waals surface area (Å²) in [6.07, 6.45) is 0. The average molecular weight is 233 g/mol. The van der Waals surface area contributed by atoms with Crippen molar-refractivity contribution in [2.24, 2.45) is 5.92 Å². The largest absolute Gasteiger partial charge is 1.00 e. The summed E-state index contributed by atoms with van der Waals surface area (Å²) in [4.78, 5) is 1.64. The van der Waals surface area contributed by atoms with E-state index in [-0.39, 0.29) is 57.9 Å². The number of hydrogen-bond donors (Lipinski definition) is 0. The first-order chi connectivity index (χ1) is 5.73. The molecule has 0 aliphatic rings. The van der Waals surface area contributed by atoms with Crippen LogP contribution in [0.15, 0.2) is 12.1 Å². The first kappa shape index (κ1) is 17.6. The molecule has 0 unspecified atom stereocenters. The van der Waals surface area contributed by atoms with Crippen molar-refractivity contribution < 1.29 is 64.3 Å². The van der Waals surface area contributed by atoms with Crippen molar-refractivity contribution in [3.8, 4) is 0 Å². The Morgan fingerprint density at radius 2 is 1.79 bits per heavy atom. The number of likely N-dealkylation sites (N-methyl/N-ethyl adjacent to an activating group) is 1. The molecule has 14 heavy (non-hydrogen) atoms. The molecule has 0 N–H and O–H groups in total. The molecule has 0 aromatic rings. The van der Waals surface area contributed by atoms with Crippen molar-refractivity contribution in [2.45, 2.75) is 13.8 Å². The van der Waals surface area contributed by atoms with Gasteiger partial charge in [0.2, 0.25) is 0 Å². The molecule has 0 aromatic heterocycles. The average Bonchev–Trinajstić information content (AvgIpc) is 1.82. The third-order valence-electron chi connectivity index (χ3n) is 1.61. The van der Waals surface area contributed by atoms with Gasteiger partial charge in [-0.25, -0.2) is 0 Å². The molecule has 0 spiro atoms. The van der Waals surface area contributed by atoms with Crippen molar-refractivity contribution in [1.82, 2.24) is 4.90 Å². The minimum absolute atomic E-state index is 0. The van der Waals surface area contributed by atoms with Crippen LogP contribution in [0.4, 0.5) is 12.9 Å². The molecule has 0 fully saturated rings. The number of hydrogen-bond acceptors (Lipinski definition) is 1. The first-order valence-corrected chi connectivity index (χ1v) is 4.29. The van der Waals surface area contributed by atoms with Crippen LogP contribution < -0.4 is 51.4 Å². The quantitative estimate of drug-likeness (QED) is 0.580. The molecule has 0 aliphatic carbocycles. The van der Waals surface area contributed by atoms with Gasteiger partial charge in [0, 0.05) is 6.54 Å². The molecule has 0 rings (SSSR count). The second-order valence-corrected chi connectivity index (χ2v) is 3.82. The third kappa shape index (κ3) is 8.50. The van der Waals surface area contributed by atoms with Gasteiger partial charge in [0.25, 0.3) is 0 Å². The Balaban J connectivity index is 0. The van der Waals surface area contributed by atoms with Gasteiger partial charge in [-0.15, -0.1) is 12.1 Å². The van der Waals surface area contributed by atoms with Crippen LogP contribution in [-0.4, -0.2) is 32.0 Å². The predicted molar refractivity (Wildman–Crippen MR) is 50.6 cm³/mol. The SMILES string of the molecule is C=C(CN(C)CC(C)C)[B-](F)(F)F.[K+]. The zero-order valence-electron chi connectivity index (χ0n) is 9.36. The van der Waals surface area contributed by atoms with Crippen molar-refractivity contribution in [2.75, 3.05) is 20.1 Å². The van der Waals surface area contributed by atoms with Gasteiger partial charge in [-0.2, -0.15) is 0 Å². The molecule has 0 radical (unpaired) electrons. The molecule has 0 amide bonds. The van der Waals surface area contributed by atoms with Crippen LogP contribution in [0.2, 0.25) is 0 Å². The van der Waals surface area contributed by atoms with E-state index in [2.05, 4.69) is 6.58 Å². The van der Waals surface area contributed by atoms with Crippen LogP contribution in [-0.2, 0) is 0 Å². The normalized spacial score (nSPS) is 11.7. The minimum Gasteiger partial charge on any atom is -0.445 e. The van der Waals surface area contributed by atoms with E-state index in [1.165, 1.54) is 0 Å². The zero-order chi connectivity index (χ0) is 10.6. The maximum atomic E-state index is 12.1. The third-order valence-corrected chi connectivity index (χ3v) is 1.61. The van der Waals surface area contributed by atoms with Gasteiger partial charge in [0.1, 0.15) is 0 Å². The standard InChI is InChI=1S/C8H16BF3N.K/c1-7(2)5-13(4)6-8(3)9(10,11)12;/h7H,3,5-6H2,1-2,4H3;/q-1;+1. The van der Waals surface area contributed by atoms with Crippen LogP contribution in [0.25, 0.3) is 0 Å². The smallest absolute Gasteiger partial charge is 0.445 e. The Kier molecular flexibility index (Phi) is 9.37. The van der Waals surface area contributed by atoms with Gasteiger partial charge in [0.15, 0.2) is 0 Å². The topological polar surface area (TPSA) is 3.24 Å². The summed E-state index contributed by atoms with van der Waals surface area (Å²) in [6.45, 7) is 2.68. The second-order valence-electron chi connectivity index (χ2n) is 3.82. The Labute approximate surface area is 127 Å². The fraction of sp³-hybridized carbons (Fsp3) is 0.750. The van der Waals surface area contributed by atoms with E-state index < -0.39 is 12.4 Å². The molecule has 0 aromatic carbocycles. The fourth-order valence-electron chi connectivity index (χ4n) is 1.14. The van der Waals surface area contributed by atoms with E-state index in [0.29, 0.717) is 12.5 Å². The van der Waals surface area contributed by atoms with Crippen LogP contribution in [0.3, 0.4) is 0 Å². The summed E-state index contributed by atoms with van der Waals surface area (Å²) >= 11 is 0. The molecule has 0 saturated heterocycles. The Morgan fingerprint density at radius 1 is 1.36 bits per heavy atom. The Hall–Kier alpha value is 1.19. The summed E-state index contributed by atoms with van der Waals surface area (Å²) in [5.74, 6) is 0.374. The predicted octanol–water partition coefficient (Wildman–Crippen LogP) is -0.479. The van der Waals surface area contributed by atoms with E-state index in [9.17, 15) is 12.9 Å². The van der Waals surface area contributed by atoms with Crippen molar-refractivity contribution >= 4 is 6.98 Å². The number of halogens is 3. The molecule has 0 heterocycles. The number of rotatable bonds is 5. The van der Waals surface area contributed by atoms with E-state index in [4.69, 9.17) is 0 Å². The molecular weight excluding hydrogens is 217 g/mol. The molecule has 0 bridgehead atoms. The van der Waals surface area contributed by atoms with E-state index >= 15 is 0 Å². The van der Waals surface area contributed by atoms with Crippen LogP contribution in [0.5, 0.6) is 0 Å². The van der Waals surface area contributed by atoms with Crippen LogP contribution >= 0.6 is 0 Å². The van der Waals surface area contributed by atoms with Crippen molar-refractivity contribution in [3.05, 3.63) is 12.1 Å². The second kappa shape index (κ2) is 7.46. The Morgan fingerprint density at radius 3 is 2.07 bits per heavy atom. The summed E-state index contributed by atoms with van der Waals surface area (Å²) in [7, 11) is 1.67. The van der Waals surface area contributed by atoms with Crippen LogP contribution in [0, 0.1) is 5.92 Å². The summed E-state index contributed by atoms with van der Waals surface area (Å²) in [5, 5.41) is 0. The summed E-state index contributed by atoms with van der Waals surface area (Å²) in [5.41, 5.74) is -0.622. The monoisotopic (exact) mass is 233 g/mol. The van der Waals surface area contributed by atoms with Gasteiger partial charge in [-0.05, 0) is 19.5 Å². The summed E-state index contributed by atoms with van der Waals surface area (Å²) < 4.78 is 36.2. The molecule has 1 nitrogen and oxygen atoms in total. The van der Waals surface area contributed by atoms with E-state index in [1.54, 1.807) is 11.9 Å². The first-order valence-electron chi connectivity index (χ1n) is 4.29. The van der Waals surface area contributed by atoms with Gasteiger partial charge >= 0.3 is 58.4 Å². The van der Waals surface area contributed by atoms with E-state index in [1.807, 2.05) is 13.8 Å². The molecule has 0 aliphatic heterocycles. The van der Waals surface area contributed by atoms with E-state index in [0.717, 1.165) is 0 Å². The maximum absolute atomic E-state index is 12.1. The zero-order valence-corrected chi connectivity index (χ0v) is 12.5. The van der Waals surface area contributed by atoms with Gasteiger partial charge < -0.3 is 17.8 Å². The molecule has 78 valence electrons. The fourth-order valence-corrected chi connectivity index (χ4v) is 1.14. The summed E-state index contributed by atoms with van der Waals surface area (Å²) in [6, 6.07) is 0. The van der Waals surface area contributed by atoms with Crippen molar-refractivity contribution in [3.63, 3.8) is 0 Å².